The SMILES string of the molecule is COC(=O)c1ccc(C2=CC(=C3C(=O)Nc4cc(F)ccc43)OC2)cc1. The van der Waals surface area contributed by atoms with E-state index in [-0.39, 0.29) is 5.91 Å². The second kappa shape index (κ2) is 6.15. The number of anilines is 1. The number of amides is 1. The molecule has 0 fully saturated rings. The number of esters is 1. The van der Waals surface area contributed by atoms with Gasteiger partial charge in [0.05, 0.1) is 23.9 Å². The summed E-state index contributed by atoms with van der Waals surface area (Å²) in [5, 5.41) is 2.65. The number of nitrogens with one attached hydrogen (secondary N) is 1. The number of halogens is 1. The Morgan fingerprint density at radius 3 is 2.69 bits per heavy atom. The van der Waals surface area contributed by atoms with E-state index in [9.17, 15) is 14.0 Å². The van der Waals surface area contributed by atoms with E-state index < -0.39 is 11.8 Å². The zero-order valence-corrected chi connectivity index (χ0v) is 13.8. The van der Waals surface area contributed by atoms with Gasteiger partial charge >= 0.3 is 5.97 Å². The summed E-state index contributed by atoms with van der Waals surface area (Å²) in [6, 6.07) is 11.1. The van der Waals surface area contributed by atoms with Gasteiger partial charge in [0.1, 0.15) is 18.2 Å². The molecule has 0 bridgehead atoms. The van der Waals surface area contributed by atoms with E-state index in [2.05, 4.69) is 10.1 Å². The second-order valence-electron chi connectivity index (χ2n) is 5.91. The molecule has 0 unspecified atom stereocenters. The molecule has 2 aliphatic heterocycles. The molecule has 0 radical (unpaired) electrons. The van der Waals surface area contributed by atoms with Gasteiger partial charge in [0.15, 0.2) is 0 Å². The molecule has 26 heavy (non-hydrogen) atoms. The van der Waals surface area contributed by atoms with Crippen LogP contribution in [0, 0.1) is 5.82 Å². The van der Waals surface area contributed by atoms with E-state index >= 15 is 0 Å². The molecule has 0 aliphatic carbocycles. The van der Waals surface area contributed by atoms with Gasteiger partial charge < -0.3 is 14.8 Å². The van der Waals surface area contributed by atoms with Crippen molar-refractivity contribution in [2.24, 2.45) is 0 Å². The summed E-state index contributed by atoms with van der Waals surface area (Å²) in [5.74, 6) is -0.689. The summed E-state index contributed by atoms with van der Waals surface area (Å²) in [6.45, 7) is 0.306. The number of hydrogen-bond acceptors (Lipinski definition) is 4. The van der Waals surface area contributed by atoms with Gasteiger partial charge in [0.2, 0.25) is 0 Å². The van der Waals surface area contributed by atoms with Crippen LogP contribution in [0.2, 0.25) is 0 Å². The molecule has 1 amide bonds. The van der Waals surface area contributed by atoms with Gasteiger partial charge in [-0.25, -0.2) is 9.18 Å². The third kappa shape index (κ3) is 2.65. The number of methoxy groups -OCH3 is 1. The van der Waals surface area contributed by atoms with Gasteiger partial charge in [-0.05, 0) is 42.0 Å². The Hall–Kier alpha value is -3.41. The minimum Gasteiger partial charge on any atom is -0.488 e. The maximum absolute atomic E-state index is 13.3. The molecule has 2 aromatic rings. The minimum atomic E-state index is -0.412. The van der Waals surface area contributed by atoms with Crippen LogP contribution in [0.3, 0.4) is 0 Å². The molecule has 2 aliphatic rings. The van der Waals surface area contributed by atoms with Gasteiger partial charge in [0, 0.05) is 11.1 Å². The molecule has 2 heterocycles. The molecule has 0 saturated heterocycles. The highest BCUT2D eigenvalue weighted by Gasteiger charge is 2.30. The second-order valence-corrected chi connectivity index (χ2v) is 5.91. The van der Waals surface area contributed by atoms with Crippen LogP contribution >= 0.6 is 0 Å². The number of carbonyl (C=O) groups excluding carboxylic acids is 2. The Morgan fingerprint density at radius 1 is 1.19 bits per heavy atom. The average molecular weight is 351 g/mol. The summed E-state index contributed by atoms with van der Waals surface area (Å²) >= 11 is 0. The van der Waals surface area contributed by atoms with Gasteiger partial charge in [-0.3, -0.25) is 4.79 Å². The largest absolute Gasteiger partial charge is 0.488 e. The molecule has 1 N–H and O–H groups in total. The van der Waals surface area contributed by atoms with Crippen molar-refractivity contribution in [2.45, 2.75) is 0 Å². The third-order valence-electron chi connectivity index (χ3n) is 4.34. The van der Waals surface area contributed by atoms with Crippen LogP contribution < -0.4 is 5.32 Å². The first-order valence-electron chi connectivity index (χ1n) is 7.94. The number of fused-ring (bicyclic) bond motifs is 1. The Labute approximate surface area is 148 Å². The highest BCUT2D eigenvalue weighted by atomic mass is 19.1. The van der Waals surface area contributed by atoms with Gasteiger partial charge in [0.25, 0.3) is 5.91 Å². The first kappa shape index (κ1) is 16.1. The van der Waals surface area contributed by atoms with E-state index in [0.717, 1.165) is 11.1 Å². The van der Waals surface area contributed by atoms with Gasteiger partial charge in [-0.15, -0.1) is 0 Å². The van der Waals surface area contributed by atoms with Crippen LogP contribution in [0.25, 0.3) is 11.1 Å². The molecular formula is C20H14FNO4. The first-order valence-corrected chi connectivity index (χ1v) is 7.94. The Morgan fingerprint density at radius 2 is 1.96 bits per heavy atom. The topological polar surface area (TPSA) is 64.6 Å². The fourth-order valence-corrected chi connectivity index (χ4v) is 3.04. The molecule has 0 aromatic heterocycles. The zero-order chi connectivity index (χ0) is 18.3. The van der Waals surface area contributed by atoms with Crippen LogP contribution in [0.1, 0.15) is 21.5 Å². The van der Waals surface area contributed by atoms with E-state index in [1.54, 1.807) is 36.4 Å². The normalized spacial score (nSPS) is 18.1. The van der Waals surface area contributed by atoms with E-state index in [1.807, 2.05) is 0 Å². The predicted octanol–water partition coefficient (Wildman–Crippen LogP) is 3.39. The summed E-state index contributed by atoms with van der Waals surface area (Å²) in [7, 11) is 1.33. The molecule has 0 saturated carbocycles. The summed E-state index contributed by atoms with van der Waals surface area (Å²) in [5.41, 5.74) is 3.66. The number of allylic oxidation sites excluding steroid dienone is 1. The monoisotopic (exact) mass is 351 g/mol. The van der Waals surface area contributed by atoms with Crippen LogP contribution in [0.15, 0.2) is 54.3 Å². The fraction of sp³-hybridized carbons (Fsp3) is 0.100. The number of benzene rings is 2. The minimum absolute atomic E-state index is 0.306. The van der Waals surface area contributed by atoms with E-state index in [0.29, 0.717) is 34.8 Å². The number of ether oxygens (including phenoxy) is 2. The smallest absolute Gasteiger partial charge is 0.337 e. The fourth-order valence-electron chi connectivity index (χ4n) is 3.04. The number of hydrogen-bond donors (Lipinski definition) is 1. The highest BCUT2D eigenvalue weighted by molar-refractivity contribution is 6.32. The highest BCUT2D eigenvalue weighted by Crippen LogP contribution is 2.38. The molecule has 5 nitrogen and oxygen atoms in total. The van der Waals surface area contributed by atoms with Crippen LogP contribution in [-0.4, -0.2) is 25.6 Å². The van der Waals surface area contributed by atoms with Crippen molar-refractivity contribution in [3.8, 4) is 0 Å². The molecule has 6 heteroatoms. The first-order chi connectivity index (χ1) is 12.6. The number of rotatable bonds is 2. The van der Waals surface area contributed by atoms with Crippen molar-refractivity contribution in [3.63, 3.8) is 0 Å². The lowest BCUT2D eigenvalue weighted by Crippen LogP contribution is -2.05. The molecule has 130 valence electrons. The van der Waals surface area contributed by atoms with Crippen molar-refractivity contribution in [3.05, 3.63) is 76.8 Å². The van der Waals surface area contributed by atoms with Crippen molar-refractivity contribution in [2.75, 3.05) is 19.0 Å². The van der Waals surface area contributed by atoms with E-state index in [4.69, 9.17) is 4.74 Å². The van der Waals surface area contributed by atoms with Crippen molar-refractivity contribution in [1.82, 2.24) is 0 Å². The van der Waals surface area contributed by atoms with Crippen LogP contribution in [0.4, 0.5) is 10.1 Å². The quantitative estimate of drug-likeness (QED) is 0.665. The zero-order valence-electron chi connectivity index (χ0n) is 13.8. The van der Waals surface area contributed by atoms with Crippen LogP contribution in [-0.2, 0) is 14.3 Å². The van der Waals surface area contributed by atoms with Gasteiger partial charge in [-0.1, -0.05) is 12.1 Å². The molecular weight excluding hydrogens is 337 g/mol. The Bertz CT molecular complexity index is 989. The Kier molecular flexibility index (Phi) is 3.80. The van der Waals surface area contributed by atoms with Gasteiger partial charge in [-0.2, -0.15) is 0 Å². The van der Waals surface area contributed by atoms with Crippen molar-refractivity contribution >= 4 is 28.7 Å². The lowest BCUT2D eigenvalue weighted by atomic mass is 10.0. The predicted molar refractivity (Wildman–Crippen MR) is 93.7 cm³/mol. The number of carbonyl (C=O) groups is 2. The Balaban J connectivity index is 1.69. The van der Waals surface area contributed by atoms with Crippen molar-refractivity contribution < 1.29 is 23.5 Å². The molecule has 4 rings (SSSR count). The lowest BCUT2D eigenvalue weighted by molar-refractivity contribution is -0.110. The summed E-state index contributed by atoms with van der Waals surface area (Å²) < 4.78 is 23.7. The average Bonchev–Trinajstić information content (AvgIpc) is 3.24. The maximum atomic E-state index is 13.3. The molecule has 0 atom stereocenters. The third-order valence-corrected chi connectivity index (χ3v) is 4.34. The van der Waals surface area contributed by atoms with Crippen LogP contribution in [0.5, 0.6) is 0 Å². The van der Waals surface area contributed by atoms with E-state index in [1.165, 1.54) is 19.2 Å². The molecule has 0 spiro atoms. The lowest BCUT2D eigenvalue weighted by Gasteiger charge is -2.03. The standard InChI is InChI=1S/C20H14FNO4/c1-25-20(24)12-4-2-11(3-5-12)13-8-17(26-10-13)18-15-7-6-14(21)9-16(15)22-19(18)23/h2-9H,10H2,1H3,(H,22,23). The maximum Gasteiger partial charge on any atom is 0.337 e. The summed E-state index contributed by atoms with van der Waals surface area (Å²) in [6.07, 6.45) is 1.79. The van der Waals surface area contributed by atoms with Crippen molar-refractivity contribution in [1.29, 1.82) is 0 Å². The summed E-state index contributed by atoms with van der Waals surface area (Å²) in [4.78, 5) is 23.8. The molecule has 2 aromatic carbocycles.